The average molecular weight is 490 g/mol. The van der Waals surface area contributed by atoms with Crippen molar-refractivity contribution in [2.45, 2.75) is 39.2 Å². The number of guanidine groups is 1. The molecule has 4 nitrogen and oxygen atoms in total. The minimum absolute atomic E-state index is 0. The van der Waals surface area contributed by atoms with Gasteiger partial charge in [0.15, 0.2) is 5.96 Å². The van der Waals surface area contributed by atoms with Crippen LogP contribution in [0.4, 0.5) is 0 Å². The second-order valence-electron chi connectivity index (χ2n) is 6.85. The maximum absolute atomic E-state index is 4.91. The van der Waals surface area contributed by atoms with Gasteiger partial charge in [0, 0.05) is 38.1 Å². The van der Waals surface area contributed by atoms with E-state index in [2.05, 4.69) is 53.2 Å². The van der Waals surface area contributed by atoms with Crippen LogP contribution < -0.4 is 5.32 Å². The molecule has 0 bridgehead atoms. The predicted molar refractivity (Wildman–Crippen MR) is 126 cm³/mol. The highest BCUT2D eigenvalue weighted by molar-refractivity contribution is 14.0. The van der Waals surface area contributed by atoms with Crippen LogP contribution in [0, 0.1) is 5.92 Å². The summed E-state index contributed by atoms with van der Waals surface area (Å²) in [6.45, 7) is 12.3. The van der Waals surface area contributed by atoms with Gasteiger partial charge >= 0.3 is 0 Å². The Kier molecular flexibility index (Phi) is 12.2. The molecule has 1 aromatic heterocycles. The number of nitrogens with zero attached hydrogens (tertiary/aromatic N) is 3. The molecule has 0 atom stereocenters. The van der Waals surface area contributed by atoms with Crippen LogP contribution in [0.2, 0.25) is 0 Å². The molecule has 2 heterocycles. The maximum atomic E-state index is 4.91. The van der Waals surface area contributed by atoms with Gasteiger partial charge in [0.05, 0.1) is 0 Å². The van der Waals surface area contributed by atoms with Crippen LogP contribution in [0.15, 0.2) is 35.2 Å². The number of allylic oxidation sites excluding steroid dienone is 1. The first-order valence-electron chi connectivity index (χ1n) is 9.58. The fourth-order valence-electron chi connectivity index (χ4n) is 3.21. The van der Waals surface area contributed by atoms with E-state index in [0.717, 1.165) is 50.9 Å². The molecule has 0 spiro atoms. The Morgan fingerprint density at radius 2 is 2.23 bits per heavy atom. The third kappa shape index (κ3) is 8.39. The Morgan fingerprint density at radius 1 is 1.46 bits per heavy atom. The first kappa shape index (κ1) is 23.4. The van der Waals surface area contributed by atoms with E-state index < -0.39 is 0 Å². The van der Waals surface area contributed by atoms with E-state index in [1.807, 2.05) is 17.4 Å². The van der Waals surface area contributed by atoms with Gasteiger partial charge in [-0.05, 0) is 63.1 Å². The van der Waals surface area contributed by atoms with Gasteiger partial charge in [-0.25, -0.2) is 0 Å². The monoisotopic (exact) mass is 490 g/mol. The van der Waals surface area contributed by atoms with Crippen molar-refractivity contribution < 1.29 is 0 Å². The van der Waals surface area contributed by atoms with Crippen molar-refractivity contribution >= 4 is 41.3 Å². The van der Waals surface area contributed by atoms with Crippen LogP contribution in [-0.2, 0) is 6.54 Å². The van der Waals surface area contributed by atoms with E-state index in [9.17, 15) is 0 Å². The molecule has 26 heavy (non-hydrogen) atoms. The number of hydrogen-bond donors (Lipinski definition) is 1. The summed E-state index contributed by atoms with van der Waals surface area (Å²) in [4.78, 5) is 11.2. The summed E-state index contributed by atoms with van der Waals surface area (Å²) in [5.74, 6) is 1.77. The van der Waals surface area contributed by atoms with Crippen LogP contribution in [0.5, 0.6) is 0 Å². The molecular formula is C20H35IN4S. The molecule has 1 fully saturated rings. The van der Waals surface area contributed by atoms with Gasteiger partial charge in [-0.3, -0.25) is 9.89 Å². The first-order valence-corrected chi connectivity index (χ1v) is 10.5. The van der Waals surface area contributed by atoms with E-state index >= 15 is 0 Å². The highest BCUT2D eigenvalue weighted by atomic mass is 127. The smallest absolute Gasteiger partial charge is 0.193 e. The van der Waals surface area contributed by atoms with Crippen LogP contribution in [0.1, 0.15) is 37.5 Å². The summed E-state index contributed by atoms with van der Waals surface area (Å²) in [7, 11) is 2.13. The molecule has 1 N–H and O–H groups in total. The number of unbranched alkanes of at least 4 members (excludes halogenated alkanes) is 1. The molecule has 2 rings (SSSR count). The lowest BCUT2D eigenvalue weighted by Gasteiger charge is -2.31. The van der Waals surface area contributed by atoms with Crippen molar-refractivity contribution in [1.29, 1.82) is 0 Å². The van der Waals surface area contributed by atoms with Crippen LogP contribution in [-0.4, -0.2) is 55.5 Å². The molecular weight excluding hydrogens is 455 g/mol. The third-order valence-electron chi connectivity index (χ3n) is 4.76. The number of aliphatic imine (C=N–C) groups is 1. The molecule has 1 aliphatic heterocycles. The van der Waals surface area contributed by atoms with E-state index in [4.69, 9.17) is 4.99 Å². The summed E-state index contributed by atoms with van der Waals surface area (Å²) in [6, 6.07) is 4.39. The van der Waals surface area contributed by atoms with Crippen LogP contribution >= 0.6 is 35.3 Å². The Morgan fingerprint density at radius 3 is 2.85 bits per heavy atom. The molecule has 0 unspecified atom stereocenters. The fourth-order valence-corrected chi connectivity index (χ4v) is 3.96. The Labute approximate surface area is 180 Å². The highest BCUT2D eigenvalue weighted by Crippen LogP contribution is 2.21. The van der Waals surface area contributed by atoms with Gasteiger partial charge in [-0.2, -0.15) is 0 Å². The van der Waals surface area contributed by atoms with Gasteiger partial charge in [-0.1, -0.05) is 12.1 Å². The van der Waals surface area contributed by atoms with Crippen molar-refractivity contribution in [1.82, 2.24) is 15.1 Å². The number of rotatable bonds is 9. The lowest BCUT2D eigenvalue weighted by molar-refractivity contribution is 0.182. The van der Waals surface area contributed by atoms with Gasteiger partial charge in [-0.15, -0.1) is 41.9 Å². The van der Waals surface area contributed by atoms with Gasteiger partial charge in [0.1, 0.15) is 0 Å². The minimum atomic E-state index is 0. The van der Waals surface area contributed by atoms with Crippen molar-refractivity contribution in [2.75, 3.05) is 39.8 Å². The van der Waals surface area contributed by atoms with E-state index in [-0.39, 0.29) is 24.0 Å². The average Bonchev–Trinajstić information content (AvgIpc) is 3.13. The van der Waals surface area contributed by atoms with Gasteiger partial charge in [0.25, 0.3) is 0 Å². The fraction of sp³-hybridized carbons (Fsp3) is 0.650. The highest BCUT2D eigenvalue weighted by Gasteiger charge is 2.19. The first-order chi connectivity index (χ1) is 12.2. The molecule has 148 valence electrons. The largest absolute Gasteiger partial charge is 0.357 e. The zero-order valence-corrected chi connectivity index (χ0v) is 19.5. The van der Waals surface area contributed by atoms with Crippen molar-refractivity contribution in [3.63, 3.8) is 0 Å². The van der Waals surface area contributed by atoms with Crippen LogP contribution in [0.3, 0.4) is 0 Å². The number of hydrogen-bond acceptors (Lipinski definition) is 3. The minimum Gasteiger partial charge on any atom is -0.357 e. The molecule has 1 aliphatic rings. The van der Waals surface area contributed by atoms with E-state index in [1.165, 1.54) is 30.8 Å². The predicted octanol–water partition coefficient (Wildman–Crippen LogP) is 4.44. The maximum Gasteiger partial charge on any atom is 0.193 e. The molecule has 0 aromatic carbocycles. The Bertz CT molecular complexity index is 510. The topological polar surface area (TPSA) is 30.9 Å². The standard InChI is InChI=1S/C20H34N4S.HI/c1-4-6-7-12-23(3)20(21-5-2)22-16-18-10-13-24(14-11-18)17-19-9-8-15-25-19;/h4,8-9,15,18H,1,5-7,10-14,16-17H2,2-3H3,(H,21,22);1H. The lowest BCUT2D eigenvalue weighted by Crippen LogP contribution is -2.40. The summed E-state index contributed by atoms with van der Waals surface area (Å²) < 4.78 is 0. The second-order valence-corrected chi connectivity index (χ2v) is 7.88. The number of thiophene rings is 1. The van der Waals surface area contributed by atoms with Crippen LogP contribution in [0.25, 0.3) is 0 Å². The normalized spacial score (nSPS) is 16.2. The quantitative estimate of drug-likeness (QED) is 0.183. The Balaban J connectivity index is 0.00000338. The lowest BCUT2D eigenvalue weighted by atomic mass is 9.97. The van der Waals surface area contributed by atoms with Crippen molar-refractivity contribution in [3.8, 4) is 0 Å². The van der Waals surface area contributed by atoms with E-state index in [1.54, 1.807) is 0 Å². The SMILES string of the molecule is C=CCCCN(C)C(=NCC1CCN(Cc2cccs2)CC1)NCC.I. The van der Waals surface area contributed by atoms with E-state index in [0.29, 0.717) is 0 Å². The third-order valence-corrected chi connectivity index (χ3v) is 5.63. The molecule has 1 saturated heterocycles. The molecule has 0 amide bonds. The molecule has 0 radical (unpaired) electrons. The zero-order chi connectivity index (χ0) is 17.9. The zero-order valence-electron chi connectivity index (χ0n) is 16.3. The number of halogens is 1. The van der Waals surface area contributed by atoms with Gasteiger partial charge < -0.3 is 10.2 Å². The molecule has 0 aliphatic carbocycles. The summed E-state index contributed by atoms with van der Waals surface area (Å²) >= 11 is 1.86. The summed E-state index contributed by atoms with van der Waals surface area (Å²) in [5.41, 5.74) is 0. The molecule has 6 heteroatoms. The number of likely N-dealkylation sites (tertiary alicyclic amines) is 1. The summed E-state index contributed by atoms with van der Waals surface area (Å²) in [5, 5.41) is 5.60. The summed E-state index contributed by atoms with van der Waals surface area (Å²) in [6.07, 6.45) is 6.70. The second kappa shape index (κ2) is 13.6. The van der Waals surface area contributed by atoms with Crippen molar-refractivity contribution in [2.24, 2.45) is 10.9 Å². The Hall–Kier alpha value is -0.600. The molecule has 1 aromatic rings. The molecule has 0 saturated carbocycles. The van der Waals surface area contributed by atoms with Crippen molar-refractivity contribution in [3.05, 3.63) is 35.0 Å². The number of piperidine rings is 1. The van der Waals surface area contributed by atoms with Gasteiger partial charge in [0.2, 0.25) is 0 Å². The number of nitrogens with one attached hydrogen (secondary N) is 1.